The molecule has 0 saturated heterocycles. The molecule has 0 aromatic heterocycles. The summed E-state index contributed by atoms with van der Waals surface area (Å²) >= 11 is 3.10. The molecule has 0 bridgehead atoms. The van der Waals surface area contributed by atoms with Gasteiger partial charge in [-0.25, -0.2) is 0 Å². The van der Waals surface area contributed by atoms with Gasteiger partial charge in [0.1, 0.15) is 0 Å². The van der Waals surface area contributed by atoms with Gasteiger partial charge in [0.2, 0.25) is 0 Å². The second-order valence-corrected chi connectivity index (χ2v) is 5.06. The van der Waals surface area contributed by atoms with Crippen LogP contribution in [-0.2, 0) is 12.5 Å². The molecule has 0 fully saturated rings. The third-order valence-corrected chi connectivity index (χ3v) is 4.17. The van der Waals surface area contributed by atoms with Gasteiger partial charge in [-0.3, -0.25) is 12.5 Å². The van der Waals surface area contributed by atoms with Crippen molar-refractivity contribution < 1.29 is 12.5 Å². The van der Waals surface area contributed by atoms with E-state index < -0.39 is 9.30 Å². The Kier molecular flexibility index (Phi) is 4.01. The zero-order chi connectivity index (χ0) is 6.62. The molecule has 0 N–H and O–H groups in total. The largest absolute Gasteiger partial charge is 0.287 e. The van der Waals surface area contributed by atoms with E-state index in [1.54, 1.807) is 0 Å². The fraction of sp³-hybridized carbons (Fsp3) is 1.00. The fourth-order valence-electron chi connectivity index (χ4n) is 0.204. The summed E-state index contributed by atoms with van der Waals surface area (Å²) in [5.41, 5.74) is 0. The average molecular weight is 205 g/mol. The standard InChI is InChI=1S/C3H9BrO3S/c1-5-8(4,6-2)7-3/h1-3H3. The zero-order valence-corrected chi connectivity index (χ0v) is 7.41. The van der Waals surface area contributed by atoms with Crippen molar-refractivity contribution in [2.24, 2.45) is 0 Å². The Balaban J connectivity index is 3.58. The molecule has 52 valence electrons. The van der Waals surface area contributed by atoms with Crippen LogP contribution in [0.5, 0.6) is 0 Å². The topological polar surface area (TPSA) is 27.7 Å². The van der Waals surface area contributed by atoms with Crippen molar-refractivity contribution in [2.75, 3.05) is 21.3 Å². The van der Waals surface area contributed by atoms with E-state index in [-0.39, 0.29) is 0 Å². The molecule has 0 spiro atoms. The number of halogens is 1. The van der Waals surface area contributed by atoms with Gasteiger partial charge in [-0.05, 0) is 0 Å². The lowest BCUT2D eigenvalue weighted by atomic mass is 11.8. The van der Waals surface area contributed by atoms with E-state index in [2.05, 4.69) is 14.8 Å². The highest BCUT2D eigenvalue weighted by atomic mass is 79.9. The van der Waals surface area contributed by atoms with Crippen LogP contribution in [-0.4, -0.2) is 21.3 Å². The van der Waals surface area contributed by atoms with Crippen LogP contribution in [0.4, 0.5) is 0 Å². The lowest BCUT2D eigenvalue weighted by Gasteiger charge is -2.25. The zero-order valence-electron chi connectivity index (χ0n) is 5.01. The van der Waals surface area contributed by atoms with Gasteiger partial charge in [0.25, 0.3) is 0 Å². The summed E-state index contributed by atoms with van der Waals surface area (Å²) in [6, 6.07) is 0. The van der Waals surface area contributed by atoms with E-state index in [1.807, 2.05) is 0 Å². The van der Waals surface area contributed by atoms with E-state index >= 15 is 0 Å². The molecular formula is C3H9BrO3S. The van der Waals surface area contributed by atoms with Crippen LogP contribution in [0.1, 0.15) is 0 Å². The molecule has 0 amide bonds. The van der Waals surface area contributed by atoms with Crippen LogP contribution >= 0.6 is 24.1 Å². The molecule has 5 heteroatoms. The van der Waals surface area contributed by atoms with Crippen LogP contribution in [0.3, 0.4) is 0 Å². The van der Waals surface area contributed by atoms with Crippen molar-refractivity contribution >= 4 is 24.1 Å². The molecule has 0 aromatic rings. The summed E-state index contributed by atoms with van der Waals surface area (Å²) in [6.45, 7) is 0. The molecule has 0 rings (SSSR count). The molecular weight excluding hydrogens is 196 g/mol. The van der Waals surface area contributed by atoms with Crippen molar-refractivity contribution in [1.82, 2.24) is 0 Å². The Hall–Kier alpha value is 0.710. The second kappa shape index (κ2) is 3.68. The van der Waals surface area contributed by atoms with Crippen LogP contribution in [0.25, 0.3) is 0 Å². The average Bonchev–Trinajstić information content (AvgIpc) is 1.87. The first kappa shape index (κ1) is 8.71. The number of hydrogen-bond donors (Lipinski definition) is 0. The van der Waals surface area contributed by atoms with Crippen molar-refractivity contribution in [3.63, 3.8) is 0 Å². The molecule has 0 aliphatic carbocycles. The van der Waals surface area contributed by atoms with E-state index in [9.17, 15) is 0 Å². The Morgan fingerprint density at radius 2 is 1.25 bits per heavy atom. The molecule has 0 saturated carbocycles. The smallest absolute Gasteiger partial charge is 0.155 e. The highest BCUT2D eigenvalue weighted by molar-refractivity contribution is 9.55. The normalized spacial score (nSPS) is 14.0. The van der Waals surface area contributed by atoms with Crippen molar-refractivity contribution in [1.29, 1.82) is 0 Å². The lowest BCUT2D eigenvalue weighted by molar-refractivity contribution is 0.268. The minimum atomic E-state index is -1.84. The van der Waals surface area contributed by atoms with Gasteiger partial charge in [0.05, 0.1) is 36.1 Å². The highest BCUT2D eigenvalue weighted by Crippen LogP contribution is 2.56. The summed E-state index contributed by atoms with van der Waals surface area (Å²) < 4.78 is 14.4. The van der Waals surface area contributed by atoms with Crippen LogP contribution in [0, 0.1) is 0 Å². The summed E-state index contributed by atoms with van der Waals surface area (Å²) in [4.78, 5) is 0. The molecule has 0 atom stereocenters. The maximum atomic E-state index is 4.79. The Morgan fingerprint density at radius 1 is 1.00 bits per heavy atom. The lowest BCUT2D eigenvalue weighted by Crippen LogP contribution is -1.96. The summed E-state index contributed by atoms with van der Waals surface area (Å²) in [5.74, 6) is 0. The molecule has 0 aromatic carbocycles. The monoisotopic (exact) mass is 204 g/mol. The van der Waals surface area contributed by atoms with Gasteiger partial charge in [-0.1, -0.05) is 0 Å². The SMILES string of the molecule is COS(Br)(OC)OC. The Bertz CT molecular complexity index is 57.3. The van der Waals surface area contributed by atoms with E-state index in [0.717, 1.165) is 0 Å². The molecule has 3 nitrogen and oxygen atoms in total. The van der Waals surface area contributed by atoms with Crippen LogP contribution in [0.15, 0.2) is 0 Å². The quantitative estimate of drug-likeness (QED) is 0.702. The third kappa shape index (κ3) is 2.32. The van der Waals surface area contributed by atoms with E-state index in [0.29, 0.717) is 0 Å². The van der Waals surface area contributed by atoms with Gasteiger partial charge in [0.15, 0.2) is 9.30 Å². The van der Waals surface area contributed by atoms with Gasteiger partial charge in [-0.15, -0.1) is 0 Å². The molecule has 0 aliphatic rings. The summed E-state index contributed by atoms with van der Waals surface area (Å²) in [7, 11) is 2.69. The fourth-order valence-corrected chi connectivity index (χ4v) is 0.612. The summed E-state index contributed by atoms with van der Waals surface area (Å²) in [6.07, 6.45) is 0. The predicted octanol–water partition coefficient (Wildman–Crippen LogP) is 1.79. The van der Waals surface area contributed by atoms with E-state index in [1.165, 1.54) is 21.3 Å². The first-order valence-corrected chi connectivity index (χ1v) is 5.13. The molecule has 0 unspecified atom stereocenters. The minimum Gasteiger partial charge on any atom is -0.287 e. The van der Waals surface area contributed by atoms with Gasteiger partial charge >= 0.3 is 0 Å². The Morgan fingerprint density at radius 3 is 1.25 bits per heavy atom. The van der Waals surface area contributed by atoms with Gasteiger partial charge in [-0.2, -0.15) is 0 Å². The molecule has 8 heavy (non-hydrogen) atoms. The minimum absolute atomic E-state index is 1.51. The van der Waals surface area contributed by atoms with Crippen molar-refractivity contribution in [3.05, 3.63) is 0 Å². The number of hydrogen-bond acceptors (Lipinski definition) is 3. The summed E-state index contributed by atoms with van der Waals surface area (Å²) in [5, 5.41) is 0. The third-order valence-electron chi connectivity index (χ3n) is 0.597. The molecule has 0 radical (unpaired) electrons. The van der Waals surface area contributed by atoms with Crippen molar-refractivity contribution in [2.45, 2.75) is 0 Å². The van der Waals surface area contributed by atoms with Crippen molar-refractivity contribution in [3.8, 4) is 0 Å². The second-order valence-electron chi connectivity index (χ2n) is 0.893. The molecule has 0 heterocycles. The maximum absolute atomic E-state index is 4.79. The highest BCUT2D eigenvalue weighted by Gasteiger charge is 2.16. The molecule has 0 aliphatic heterocycles. The first-order valence-electron chi connectivity index (χ1n) is 1.88. The van der Waals surface area contributed by atoms with Gasteiger partial charge in [0, 0.05) is 0 Å². The van der Waals surface area contributed by atoms with Crippen LogP contribution < -0.4 is 0 Å². The van der Waals surface area contributed by atoms with Gasteiger partial charge < -0.3 is 0 Å². The predicted molar refractivity (Wildman–Crippen MR) is 37.5 cm³/mol. The van der Waals surface area contributed by atoms with Crippen LogP contribution in [0.2, 0.25) is 0 Å². The first-order chi connectivity index (χ1) is 3.68. The van der Waals surface area contributed by atoms with E-state index in [4.69, 9.17) is 12.5 Å². The maximum Gasteiger partial charge on any atom is 0.155 e. The Labute approximate surface area is 58.4 Å². The number of rotatable bonds is 3.